The molecular formula is C11H30O2Si2. The van der Waals surface area contributed by atoms with Crippen LogP contribution < -0.4 is 0 Å². The lowest BCUT2D eigenvalue weighted by atomic mass is 10.9. The zero-order valence-electron chi connectivity index (χ0n) is 11.5. The van der Waals surface area contributed by atoms with Crippen LogP contribution in [0.3, 0.4) is 0 Å². The highest BCUT2D eigenvalue weighted by molar-refractivity contribution is 6.58. The summed E-state index contributed by atoms with van der Waals surface area (Å²) in [6.07, 6.45) is 0. The minimum atomic E-state index is -1.20. The van der Waals surface area contributed by atoms with E-state index in [-0.39, 0.29) is 8.80 Å². The Bertz CT molecular complexity index is 97.3. The molecule has 0 aliphatic carbocycles. The summed E-state index contributed by atoms with van der Waals surface area (Å²) in [5.41, 5.74) is 0. The molecule has 0 radical (unpaired) electrons. The molecule has 0 aromatic heterocycles. The largest absolute Gasteiger partial charge is 0.397 e. The third kappa shape index (κ3) is 14.4. The summed E-state index contributed by atoms with van der Waals surface area (Å²) in [7, 11) is -1.37. The first-order valence-corrected chi connectivity index (χ1v) is 10.9. The molecule has 0 N–H and O–H groups in total. The van der Waals surface area contributed by atoms with E-state index < -0.39 is 9.28 Å². The second-order valence-corrected chi connectivity index (χ2v) is 9.55. The van der Waals surface area contributed by atoms with Gasteiger partial charge < -0.3 is 8.85 Å². The van der Waals surface area contributed by atoms with Crippen LogP contribution in [0.2, 0.25) is 24.7 Å². The standard InChI is InChI=1S/C6H16Si.C5H14O2Si/c1-4-7(5-2)6-3;1-4-6-8(3)7-5-2/h7H,4-6H2,1-3H3;8H,4-5H2,1-3H3. The molecule has 0 aliphatic rings. The van der Waals surface area contributed by atoms with Crippen LogP contribution in [0, 0.1) is 0 Å². The van der Waals surface area contributed by atoms with Crippen molar-refractivity contribution in [2.45, 2.75) is 59.3 Å². The van der Waals surface area contributed by atoms with Crippen LogP contribution >= 0.6 is 0 Å². The summed E-state index contributed by atoms with van der Waals surface area (Å²) < 4.78 is 10.4. The predicted octanol–water partition coefficient (Wildman–Crippen LogP) is 3.18. The molecule has 0 amide bonds. The maximum atomic E-state index is 5.20. The molecule has 0 atom stereocenters. The van der Waals surface area contributed by atoms with Gasteiger partial charge in [-0.3, -0.25) is 0 Å². The molecule has 0 aromatic carbocycles. The zero-order chi connectivity index (χ0) is 12.1. The minimum Gasteiger partial charge on any atom is -0.397 e. The van der Waals surface area contributed by atoms with Crippen LogP contribution in [0.5, 0.6) is 0 Å². The molecule has 0 aromatic rings. The second-order valence-electron chi connectivity index (χ2n) is 3.57. The molecule has 0 fully saturated rings. The van der Waals surface area contributed by atoms with Gasteiger partial charge in [0.05, 0.1) is 0 Å². The Morgan fingerprint density at radius 3 is 1.20 bits per heavy atom. The first-order valence-electron chi connectivity index (χ1n) is 6.39. The van der Waals surface area contributed by atoms with Gasteiger partial charge in [-0.25, -0.2) is 0 Å². The smallest absolute Gasteiger partial charge is 0.318 e. The Balaban J connectivity index is 0. The van der Waals surface area contributed by atoms with Crippen molar-refractivity contribution in [1.29, 1.82) is 0 Å². The topological polar surface area (TPSA) is 18.5 Å². The van der Waals surface area contributed by atoms with Crippen LogP contribution in [-0.2, 0) is 8.85 Å². The molecule has 94 valence electrons. The summed E-state index contributed by atoms with van der Waals surface area (Å²) >= 11 is 0. The zero-order valence-corrected chi connectivity index (χ0v) is 13.8. The summed E-state index contributed by atoms with van der Waals surface area (Å²) in [6, 6.07) is 4.48. The summed E-state index contributed by atoms with van der Waals surface area (Å²) in [4.78, 5) is 0. The van der Waals surface area contributed by atoms with E-state index in [2.05, 4.69) is 20.8 Å². The van der Waals surface area contributed by atoms with Crippen molar-refractivity contribution in [1.82, 2.24) is 0 Å². The fourth-order valence-electron chi connectivity index (χ4n) is 1.38. The minimum absolute atomic E-state index is 0.171. The van der Waals surface area contributed by atoms with Crippen molar-refractivity contribution in [2.75, 3.05) is 13.2 Å². The van der Waals surface area contributed by atoms with Crippen molar-refractivity contribution >= 4 is 18.1 Å². The van der Waals surface area contributed by atoms with Crippen molar-refractivity contribution < 1.29 is 8.85 Å². The number of hydrogen-bond acceptors (Lipinski definition) is 2. The third-order valence-electron chi connectivity index (χ3n) is 2.53. The van der Waals surface area contributed by atoms with E-state index in [1.54, 1.807) is 0 Å². The molecule has 2 nitrogen and oxygen atoms in total. The molecule has 0 rings (SSSR count). The van der Waals surface area contributed by atoms with Crippen LogP contribution in [0.15, 0.2) is 0 Å². The van der Waals surface area contributed by atoms with Gasteiger partial charge in [0.15, 0.2) is 0 Å². The maximum Gasteiger partial charge on any atom is 0.318 e. The molecule has 0 saturated carbocycles. The average molecular weight is 251 g/mol. The van der Waals surface area contributed by atoms with Gasteiger partial charge in [0.1, 0.15) is 0 Å². The van der Waals surface area contributed by atoms with E-state index in [1.807, 2.05) is 20.4 Å². The highest BCUT2D eigenvalue weighted by Crippen LogP contribution is 2.01. The normalized spacial score (nSPS) is 10.4. The Kier molecular flexibility index (Phi) is 17.0. The SMILES string of the molecule is CCO[SiH](C)OCC.CC[SiH](CC)CC. The lowest BCUT2D eigenvalue weighted by Gasteiger charge is -2.07. The molecule has 0 saturated heterocycles. The van der Waals surface area contributed by atoms with E-state index in [0.717, 1.165) is 13.2 Å². The van der Waals surface area contributed by atoms with Crippen LogP contribution in [0.1, 0.15) is 34.6 Å². The molecule has 0 heterocycles. The van der Waals surface area contributed by atoms with E-state index >= 15 is 0 Å². The van der Waals surface area contributed by atoms with Gasteiger partial charge in [0.2, 0.25) is 0 Å². The third-order valence-corrected chi connectivity index (χ3v) is 7.60. The quantitative estimate of drug-likeness (QED) is 0.646. The van der Waals surface area contributed by atoms with Gasteiger partial charge in [-0.2, -0.15) is 0 Å². The van der Waals surface area contributed by atoms with Gasteiger partial charge in [-0.1, -0.05) is 38.9 Å². The van der Waals surface area contributed by atoms with Crippen LogP contribution in [0.25, 0.3) is 0 Å². The number of hydrogen-bond donors (Lipinski definition) is 0. The molecule has 0 bridgehead atoms. The van der Waals surface area contributed by atoms with E-state index in [1.165, 1.54) is 18.1 Å². The van der Waals surface area contributed by atoms with Crippen molar-refractivity contribution in [2.24, 2.45) is 0 Å². The van der Waals surface area contributed by atoms with Crippen LogP contribution in [0.4, 0.5) is 0 Å². The Labute approximate surface area is 99.8 Å². The molecule has 0 unspecified atom stereocenters. The molecular weight excluding hydrogens is 220 g/mol. The highest BCUT2D eigenvalue weighted by Gasteiger charge is 1.99. The first-order chi connectivity index (χ1) is 7.15. The summed E-state index contributed by atoms with van der Waals surface area (Å²) in [5.74, 6) is 0. The van der Waals surface area contributed by atoms with Gasteiger partial charge in [-0.15, -0.1) is 0 Å². The molecule has 15 heavy (non-hydrogen) atoms. The lowest BCUT2D eigenvalue weighted by Crippen LogP contribution is -2.17. The van der Waals surface area contributed by atoms with E-state index in [9.17, 15) is 0 Å². The van der Waals surface area contributed by atoms with Crippen molar-refractivity contribution in [3.05, 3.63) is 0 Å². The van der Waals surface area contributed by atoms with Crippen LogP contribution in [-0.4, -0.2) is 31.3 Å². The summed E-state index contributed by atoms with van der Waals surface area (Å²) in [5, 5.41) is 0. The van der Waals surface area contributed by atoms with Crippen molar-refractivity contribution in [3.8, 4) is 0 Å². The van der Waals surface area contributed by atoms with E-state index in [4.69, 9.17) is 8.85 Å². The van der Waals surface area contributed by atoms with Gasteiger partial charge in [-0.05, 0) is 20.4 Å². The van der Waals surface area contributed by atoms with Gasteiger partial charge in [0, 0.05) is 22.0 Å². The fraction of sp³-hybridized carbons (Fsp3) is 1.00. The lowest BCUT2D eigenvalue weighted by molar-refractivity contribution is 0.219. The number of rotatable bonds is 7. The van der Waals surface area contributed by atoms with Gasteiger partial charge >= 0.3 is 9.28 Å². The highest BCUT2D eigenvalue weighted by atomic mass is 28.3. The maximum absolute atomic E-state index is 5.20. The Morgan fingerprint density at radius 1 is 0.733 bits per heavy atom. The van der Waals surface area contributed by atoms with E-state index in [0.29, 0.717) is 0 Å². The Hall–Kier alpha value is 0.354. The monoisotopic (exact) mass is 250 g/mol. The van der Waals surface area contributed by atoms with Gasteiger partial charge in [0.25, 0.3) is 0 Å². The Morgan fingerprint density at radius 2 is 1.07 bits per heavy atom. The first kappa shape index (κ1) is 17.7. The van der Waals surface area contributed by atoms with Crippen molar-refractivity contribution in [3.63, 3.8) is 0 Å². The average Bonchev–Trinajstić information content (AvgIpc) is 2.22. The molecule has 0 aliphatic heterocycles. The second kappa shape index (κ2) is 14.4. The fourth-order valence-corrected chi connectivity index (χ4v) is 4.15. The summed E-state index contributed by atoms with van der Waals surface area (Å²) in [6.45, 7) is 14.6. The molecule has 0 spiro atoms. The molecule has 4 heteroatoms. The predicted molar refractivity (Wildman–Crippen MR) is 74.9 cm³/mol.